The average Bonchev–Trinajstić information content (AvgIpc) is 3.17. The second kappa shape index (κ2) is 7.35. The van der Waals surface area contributed by atoms with Crippen LogP contribution in [-0.4, -0.2) is 43.5 Å². The monoisotopic (exact) mass is 366 g/mol. The molecule has 0 spiro atoms. The summed E-state index contributed by atoms with van der Waals surface area (Å²) in [5.41, 5.74) is 0. The molecule has 0 bridgehead atoms. The quantitative estimate of drug-likeness (QED) is 0.843. The summed E-state index contributed by atoms with van der Waals surface area (Å²) in [6.45, 7) is 2.29. The van der Waals surface area contributed by atoms with Gasteiger partial charge in [0, 0.05) is 6.54 Å². The van der Waals surface area contributed by atoms with Crippen molar-refractivity contribution in [2.45, 2.75) is 42.6 Å². The van der Waals surface area contributed by atoms with Gasteiger partial charge in [0.2, 0.25) is 5.91 Å². The molecule has 3 rings (SSSR count). The van der Waals surface area contributed by atoms with Crippen molar-refractivity contribution in [3.05, 3.63) is 17.5 Å². The number of aliphatic carboxylic acids is 1. The Morgan fingerprint density at radius 1 is 1.50 bits per heavy atom. The van der Waals surface area contributed by atoms with Gasteiger partial charge in [-0.1, -0.05) is 24.2 Å². The third kappa shape index (κ3) is 3.46. The highest BCUT2D eigenvalue weighted by atomic mass is 32.2. The van der Waals surface area contributed by atoms with Gasteiger partial charge in [0.25, 0.3) is 0 Å². The van der Waals surface area contributed by atoms with Crippen molar-refractivity contribution in [3.8, 4) is 10.7 Å². The minimum atomic E-state index is -0.959. The molecule has 2 aromatic heterocycles. The van der Waals surface area contributed by atoms with Crippen LogP contribution in [-0.2, 0) is 9.59 Å². The second-order valence-electron chi connectivity index (χ2n) is 5.56. The highest BCUT2D eigenvalue weighted by Gasteiger charge is 2.29. The van der Waals surface area contributed by atoms with E-state index >= 15 is 0 Å². The number of thiophene rings is 1. The predicted octanol–water partition coefficient (Wildman–Crippen LogP) is 2.41. The van der Waals surface area contributed by atoms with Crippen molar-refractivity contribution >= 4 is 35.0 Å². The van der Waals surface area contributed by atoms with E-state index in [9.17, 15) is 14.7 Å². The van der Waals surface area contributed by atoms with Gasteiger partial charge in [-0.05, 0) is 31.2 Å². The van der Waals surface area contributed by atoms with Crippen molar-refractivity contribution in [2.24, 2.45) is 0 Å². The molecule has 24 heavy (non-hydrogen) atoms. The number of carboxylic acids is 1. The summed E-state index contributed by atoms with van der Waals surface area (Å²) in [7, 11) is 0. The third-order valence-corrected chi connectivity index (χ3v) is 5.97. The maximum atomic E-state index is 12.2. The number of nitrogens with zero attached hydrogens (tertiary/aromatic N) is 3. The molecule has 2 aromatic rings. The van der Waals surface area contributed by atoms with Crippen LogP contribution in [0.3, 0.4) is 0 Å². The molecule has 7 nitrogen and oxygen atoms in total. The van der Waals surface area contributed by atoms with Gasteiger partial charge in [-0.15, -0.1) is 21.5 Å². The first-order valence-corrected chi connectivity index (χ1v) is 9.50. The van der Waals surface area contributed by atoms with Crippen molar-refractivity contribution in [1.29, 1.82) is 0 Å². The summed E-state index contributed by atoms with van der Waals surface area (Å²) in [5.74, 6) is -0.455. The number of thioether (sulfide) groups is 1. The lowest BCUT2D eigenvalue weighted by molar-refractivity contribution is -0.140. The number of nitrogens with one attached hydrogen (secondary N) is 1. The highest BCUT2D eigenvalue weighted by Crippen LogP contribution is 2.33. The Labute approximate surface area is 147 Å². The van der Waals surface area contributed by atoms with Crippen molar-refractivity contribution < 1.29 is 14.7 Å². The summed E-state index contributed by atoms with van der Waals surface area (Å²) in [5, 5.41) is 22.8. The fourth-order valence-corrected chi connectivity index (χ4v) is 4.42. The van der Waals surface area contributed by atoms with Crippen LogP contribution in [0.25, 0.3) is 10.7 Å². The Morgan fingerprint density at radius 2 is 2.33 bits per heavy atom. The molecule has 1 aliphatic rings. The van der Waals surface area contributed by atoms with E-state index in [0.29, 0.717) is 17.5 Å². The second-order valence-corrected chi connectivity index (χ2v) is 7.68. The molecule has 0 radical (unpaired) electrons. The molecule has 3 heterocycles. The van der Waals surface area contributed by atoms with Crippen LogP contribution in [0, 0.1) is 0 Å². The molecule has 0 aliphatic carbocycles. The van der Waals surface area contributed by atoms with E-state index in [1.807, 2.05) is 17.5 Å². The Bertz CT molecular complexity index is 729. The molecule has 2 N–H and O–H groups in total. The van der Waals surface area contributed by atoms with Crippen LogP contribution in [0.4, 0.5) is 0 Å². The van der Waals surface area contributed by atoms with Crippen LogP contribution < -0.4 is 5.32 Å². The molecule has 0 saturated carbocycles. The van der Waals surface area contributed by atoms with Gasteiger partial charge < -0.3 is 10.4 Å². The topological polar surface area (TPSA) is 97.1 Å². The van der Waals surface area contributed by atoms with E-state index in [-0.39, 0.29) is 11.2 Å². The molecule has 9 heteroatoms. The number of carbonyl (C=O) groups excluding carboxylic acids is 1. The van der Waals surface area contributed by atoms with Gasteiger partial charge in [0.15, 0.2) is 11.0 Å². The molecule has 1 amide bonds. The molecular formula is C15H18N4O3S2. The summed E-state index contributed by atoms with van der Waals surface area (Å²) in [6.07, 6.45) is 2.66. The maximum absolute atomic E-state index is 12.2. The lowest BCUT2D eigenvalue weighted by atomic mass is 10.2. The number of carbonyl (C=O) groups is 2. The number of hydrogen-bond acceptors (Lipinski definition) is 6. The molecule has 1 saturated heterocycles. The largest absolute Gasteiger partial charge is 0.480 e. The molecular weight excluding hydrogens is 348 g/mol. The smallest absolute Gasteiger partial charge is 0.326 e. The van der Waals surface area contributed by atoms with E-state index < -0.39 is 12.0 Å². The van der Waals surface area contributed by atoms with Crippen LogP contribution in [0.2, 0.25) is 0 Å². The molecule has 2 atom stereocenters. The van der Waals surface area contributed by atoms with Crippen molar-refractivity contribution in [1.82, 2.24) is 20.1 Å². The summed E-state index contributed by atoms with van der Waals surface area (Å²) in [6, 6.07) is 2.95. The first kappa shape index (κ1) is 17.0. The fourth-order valence-electron chi connectivity index (χ4n) is 2.54. The van der Waals surface area contributed by atoms with Crippen LogP contribution in [0.1, 0.15) is 32.2 Å². The van der Waals surface area contributed by atoms with Crippen LogP contribution >= 0.6 is 23.1 Å². The van der Waals surface area contributed by atoms with Crippen molar-refractivity contribution in [3.63, 3.8) is 0 Å². The van der Waals surface area contributed by atoms with Gasteiger partial charge in [-0.2, -0.15) is 0 Å². The van der Waals surface area contributed by atoms with Crippen molar-refractivity contribution in [2.75, 3.05) is 6.54 Å². The lowest BCUT2D eigenvalue weighted by Crippen LogP contribution is -2.31. The van der Waals surface area contributed by atoms with E-state index in [1.165, 1.54) is 23.1 Å². The molecule has 1 fully saturated rings. The third-order valence-electron chi connectivity index (χ3n) is 3.88. The number of aromatic nitrogens is 3. The Kier molecular flexibility index (Phi) is 5.20. The van der Waals surface area contributed by atoms with Gasteiger partial charge in [-0.25, -0.2) is 4.79 Å². The number of carboxylic acid groups (broad SMARTS) is 1. The lowest BCUT2D eigenvalue weighted by Gasteiger charge is -2.16. The van der Waals surface area contributed by atoms with E-state index in [0.717, 1.165) is 24.1 Å². The SMILES string of the molecule is C[C@@H](C(=O)O)n1c(S[C@H]2CCCCNC2=O)nnc1-c1cccs1. The fraction of sp³-hybridized carbons (Fsp3) is 0.467. The number of hydrogen-bond donors (Lipinski definition) is 2. The summed E-state index contributed by atoms with van der Waals surface area (Å²) >= 11 is 2.77. The first-order chi connectivity index (χ1) is 11.6. The van der Waals surface area contributed by atoms with E-state index in [2.05, 4.69) is 15.5 Å². The number of rotatable bonds is 5. The first-order valence-electron chi connectivity index (χ1n) is 7.74. The normalized spacial score (nSPS) is 19.5. The zero-order chi connectivity index (χ0) is 17.1. The zero-order valence-corrected chi connectivity index (χ0v) is 14.8. The zero-order valence-electron chi connectivity index (χ0n) is 13.1. The Balaban J connectivity index is 1.95. The van der Waals surface area contributed by atoms with E-state index in [1.54, 1.807) is 11.5 Å². The van der Waals surface area contributed by atoms with Gasteiger partial charge in [-0.3, -0.25) is 9.36 Å². The van der Waals surface area contributed by atoms with Crippen LogP contribution in [0.15, 0.2) is 22.7 Å². The minimum Gasteiger partial charge on any atom is -0.480 e. The van der Waals surface area contributed by atoms with Crippen LogP contribution in [0.5, 0.6) is 0 Å². The van der Waals surface area contributed by atoms with Gasteiger partial charge >= 0.3 is 5.97 Å². The number of amides is 1. The van der Waals surface area contributed by atoms with Gasteiger partial charge in [0.05, 0.1) is 10.1 Å². The minimum absolute atomic E-state index is 0.0206. The molecule has 128 valence electrons. The summed E-state index contributed by atoms with van der Waals surface area (Å²) < 4.78 is 1.61. The highest BCUT2D eigenvalue weighted by molar-refractivity contribution is 8.00. The molecule has 0 aromatic carbocycles. The maximum Gasteiger partial charge on any atom is 0.326 e. The Morgan fingerprint density at radius 3 is 3.04 bits per heavy atom. The predicted molar refractivity (Wildman–Crippen MR) is 92.2 cm³/mol. The Hall–Kier alpha value is -1.87. The summed E-state index contributed by atoms with van der Waals surface area (Å²) in [4.78, 5) is 24.5. The molecule has 0 unspecified atom stereocenters. The molecule has 1 aliphatic heterocycles. The average molecular weight is 366 g/mol. The van der Waals surface area contributed by atoms with Gasteiger partial charge in [0.1, 0.15) is 6.04 Å². The standard InChI is InChI=1S/C15H18N4O3S2/c1-9(14(21)22)19-12(10-6-4-8-23-10)17-18-15(19)24-11-5-2-3-7-16-13(11)20/h4,6,8-9,11H,2-3,5,7H2,1H3,(H,16,20)(H,21,22)/t9-,11-/m0/s1. The van der Waals surface area contributed by atoms with E-state index in [4.69, 9.17) is 0 Å².